The van der Waals surface area contributed by atoms with Crippen molar-refractivity contribution in [1.29, 1.82) is 0 Å². The fourth-order valence-electron chi connectivity index (χ4n) is 1.88. The van der Waals surface area contributed by atoms with Gasteiger partial charge in [0.05, 0.1) is 17.9 Å². The summed E-state index contributed by atoms with van der Waals surface area (Å²) < 4.78 is 5.24. The number of aryl methyl sites for hydroxylation is 3. The second-order valence-corrected chi connectivity index (χ2v) is 4.10. The molecule has 5 nitrogen and oxygen atoms in total. The van der Waals surface area contributed by atoms with Gasteiger partial charge >= 0.3 is 5.69 Å². The zero-order chi connectivity index (χ0) is 12.4. The van der Waals surface area contributed by atoms with Crippen molar-refractivity contribution in [2.75, 3.05) is 0 Å². The number of rotatable bonds is 4. The van der Waals surface area contributed by atoms with Crippen molar-refractivity contribution in [3.8, 4) is 0 Å². The van der Waals surface area contributed by atoms with Crippen LogP contribution in [-0.2, 0) is 26.6 Å². The van der Waals surface area contributed by atoms with Crippen LogP contribution in [0.15, 0.2) is 23.3 Å². The van der Waals surface area contributed by atoms with Crippen molar-refractivity contribution in [2.45, 2.75) is 33.4 Å². The second-order valence-electron chi connectivity index (χ2n) is 4.10. The lowest BCUT2D eigenvalue weighted by atomic mass is 10.3. The van der Waals surface area contributed by atoms with E-state index in [1.807, 2.05) is 31.0 Å². The first-order valence-corrected chi connectivity index (χ1v) is 5.93. The summed E-state index contributed by atoms with van der Waals surface area (Å²) in [7, 11) is 1.91. The highest BCUT2D eigenvalue weighted by Gasteiger charge is 2.07. The van der Waals surface area contributed by atoms with Gasteiger partial charge in [-0.1, -0.05) is 6.92 Å². The Hall–Kier alpha value is -1.78. The Morgan fingerprint density at radius 1 is 1.24 bits per heavy atom. The van der Waals surface area contributed by atoms with Crippen LogP contribution in [0.1, 0.15) is 25.2 Å². The summed E-state index contributed by atoms with van der Waals surface area (Å²) in [4.78, 5) is 11.9. The maximum atomic E-state index is 11.9. The van der Waals surface area contributed by atoms with Crippen LogP contribution in [0.25, 0.3) is 0 Å². The van der Waals surface area contributed by atoms with E-state index in [1.54, 1.807) is 9.13 Å². The van der Waals surface area contributed by atoms with Crippen LogP contribution in [0, 0.1) is 0 Å². The Bertz CT molecular complexity index is 561. The average Bonchev–Trinajstić information content (AvgIpc) is 2.85. The predicted octanol–water partition coefficient (Wildman–Crippen LogP) is 1.01. The first-order chi connectivity index (χ1) is 8.15. The maximum Gasteiger partial charge on any atom is 0.328 e. The molecule has 0 unspecified atom stereocenters. The van der Waals surface area contributed by atoms with E-state index in [1.165, 1.54) is 0 Å². The third kappa shape index (κ3) is 2.18. The van der Waals surface area contributed by atoms with Crippen LogP contribution in [0.3, 0.4) is 0 Å². The van der Waals surface area contributed by atoms with Crippen LogP contribution < -0.4 is 5.69 Å². The van der Waals surface area contributed by atoms with E-state index in [9.17, 15) is 4.79 Å². The Labute approximate surface area is 100 Å². The lowest BCUT2D eigenvalue weighted by molar-refractivity contribution is 0.625. The number of nitrogens with zero attached hydrogens (tertiary/aromatic N) is 4. The zero-order valence-electron chi connectivity index (χ0n) is 10.6. The molecular weight excluding hydrogens is 216 g/mol. The van der Waals surface area contributed by atoms with E-state index in [0.29, 0.717) is 13.1 Å². The summed E-state index contributed by atoms with van der Waals surface area (Å²) >= 11 is 0. The van der Waals surface area contributed by atoms with Gasteiger partial charge in [-0.05, 0) is 19.4 Å². The lowest BCUT2D eigenvalue weighted by Gasteiger charge is -2.01. The summed E-state index contributed by atoms with van der Waals surface area (Å²) in [6.07, 6.45) is 4.56. The molecule has 5 heteroatoms. The van der Waals surface area contributed by atoms with Gasteiger partial charge in [0.2, 0.25) is 0 Å². The zero-order valence-corrected chi connectivity index (χ0v) is 10.6. The van der Waals surface area contributed by atoms with E-state index < -0.39 is 0 Å². The summed E-state index contributed by atoms with van der Waals surface area (Å²) in [6, 6.07) is 2.05. The Kier molecular flexibility index (Phi) is 3.17. The SMILES string of the molecule is CCc1cc(Cn2ccn(CC)c2=O)n(C)n1. The van der Waals surface area contributed by atoms with Crippen LogP contribution in [0.4, 0.5) is 0 Å². The Morgan fingerprint density at radius 2 is 1.94 bits per heavy atom. The molecule has 0 aliphatic rings. The van der Waals surface area contributed by atoms with Gasteiger partial charge < -0.3 is 0 Å². The van der Waals surface area contributed by atoms with E-state index >= 15 is 0 Å². The molecule has 0 atom stereocenters. The summed E-state index contributed by atoms with van der Waals surface area (Å²) in [6.45, 7) is 5.32. The smallest absolute Gasteiger partial charge is 0.300 e. The van der Waals surface area contributed by atoms with E-state index in [-0.39, 0.29) is 5.69 Å². The van der Waals surface area contributed by atoms with Gasteiger partial charge in [-0.15, -0.1) is 0 Å². The van der Waals surface area contributed by atoms with Gasteiger partial charge in [0.15, 0.2) is 0 Å². The van der Waals surface area contributed by atoms with Crippen molar-refractivity contribution < 1.29 is 0 Å². The normalized spacial score (nSPS) is 11.0. The van der Waals surface area contributed by atoms with Gasteiger partial charge in [-0.25, -0.2) is 4.79 Å². The predicted molar refractivity (Wildman–Crippen MR) is 66.1 cm³/mol. The molecule has 17 heavy (non-hydrogen) atoms. The minimum Gasteiger partial charge on any atom is -0.300 e. The molecule has 0 spiro atoms. The Morgan fingerprint density at radius 3 is 2.47 bits per heavy atom. The number of hydrogen-bond acceptors (Lipinski definition) is 2. The molecule has 2 aromatic heterocycles. The monoisotopic (exact) mass is 234 g/mol. The van der Waals surface area contributed by atoms with E-state index in [0.717, 1.165) is 17.8 Å². The van der Waals surface area contributed by atoms with Crippen LogP contribution in [0.5, 0.6) is 0 Å². The fourth-order valence-corrected chi connectivity index (χ4v) is 1.88. The van der Waals surface area contributed by atoms with Gasteiger partial charge in [0.25, 0.3) is 0 Å². The minimum absolute atomic E-state index is 0.0340. The van der Waals surface area contributed by atoms with Crippen molar-refractivity contribution in [3.05, 3.63) is 40.3 Å². The molecule has 0 fully saturated rings. The van der Waals surface area contributed by atoms with Crippen molar-refractivity contribution in [1.82, 2.24) is 18.9 Å². The van der Waals surface area contributed by atoms with Crippen LogP contribution >= 0.6 is 0 Å². The molecular formula is C12H18N4O. The highest BCUT2D eigenvalue weighted by molar-refractivity contribution is 5.10. The number of aromatic nitrogens is 4. The third-order valence-electron chi connectivity index (χ3n) is 2.98. The Balaban J connectivity index is 2.28. The van der Waals surface area contributed by atoms with Crippen molar-refractivity contribution in [3.63, 3.8) is 0 Å². The summed E-state index contributed by atoms with van der Waals surface area (Å²) in [5.74, 6) is 0. The molecule has 0 radical (unpaired) electrons. The molecule has 0 aromatic carbocycles. The fraction of sp³-hybridized carbons (Fsp3) is 0.500. The quantitative estimate of drug-likeness (QED) is 0.792. The highest BCUT2D eigenvalue weighted by Crippen LogP contribution is 2.05. The lowest BCUT2D eigenvalue weighted by Crippen LogP contribution is -2.24. The topological polar surface area (TPSA) is 44.8 Å². The van der Waals surface area contributed by atoms with Gasteiger partial charge in [0.1, 0.15) is 0 Å². The summed E-state index contributed by atoms with van der Waals surface area (Å²) in [5.41, 5.74) is 2.15. The van der Waals surface area contributed by atoms with E-state index in [2.05, 4.69) is 18.1 Å². The number of imidazole rings is 1. The molecule has 92 valence electrons. The molecule has 2 rings (SSSR count). The second kappa shape index (κ2) is 4.61. The van der Waals surface area contributed by atoms with Gasteiger partial charge in [-0.2, -0.15) is 5.10 Å². The summed E-state index contributed by atoms with van der Waals surface area (Å²) in [5, 5.41) is 4.38. The van der Waals surface area contributed by atoms with Crippen LogP contribution in [0.2, 0.25) is 0 Å². The molecule has 2 aromatic rings. The first kappa shape index (κ1) is 11.7. The molecule has 0 saturated carbocycles. The molecule has 0 bridgehead atoms. The van der Waals surface area contributed by atoms with Gasteiger partial charge in [-0.3, -0.25) is 13.8 Å². The first-order valence-electron chi connectivity index (χ1n) is 5.93. The standard InChI is InChI=1S/C12H18N4O/c1-4-10-8-11(14(3)13-10)9-16-7-6-15(5-2)12(16)17/h6-8H,4-5,9H2,1-3H3. The van der Waals surface area contributed by atoms with Crippen LogP contribution in [-0.4, -0.2) is 18.9 Å². The molecule has 0 amide bonds. The van der Waals surface area contributed by atoms with Crippen molar-refractivity contribution >= 4 is 0 Å². The van der Waals surface area contributed by atoms with Gasteiger partial charge in [0, 0.05) is 26.0 Å². The molecule has 2 heterocycles. The van der Waals surface area contributed by atoms with Crippen molar-refractivity contribution in [2.24, 2.45) is 7.05 Å². The third-order valence-corrected chi connectivity index (χ3v) is 2.98. The molecule has 0 aliphatic carbocycles. The average molecular weight is 234 g/mol. The maximum absolute atomic E-state index is 11.9. The molecule has 0 aliphatic heterocycles. The largest absolute Gasteiger partial charge is 0.328 e. The minimum atomic E-state index is 0.0340. The number of hydrogen-bond donors (Lipinski definition) is 0. The highest BCUT2D eigenvalue weighted by atomic mass is 16.1. The molecule has 0 saturated heterocycles. The van der Waals surface area contributed by atoms with E-state index in [4.69, 9.17) is 0 Å². The molecule has 0 N–H and O–H groups in total.